The summed E-state index contributed by atoms with van der Waals surface area (Å²) in [7, 11) is 0. The van der Waals surface area contributed by atoms with Crippen molar-refractivity contribution in [2.24, 2.45) is 0 Å². The van der Waals surface area contributed by atoms with Gasteiger partial charge in [-0.25, -0.2) is 4.79 Å². The van der Waals surface area contributed by atoms with E-state index in [0.717, 1.165) is 10.6 Å². The average molecular weight is 278 g/mol. The third-order valence-electron chi connectivity index (χ3n) is 2.37. The van der Waals surface area contributed by atoms with Gasteiger partial charge < -0.3 is 14.6 Å². The Morgan fingerprint density at radius 2 is 1.89 bits per heavy atom. The van der Waals surface area contributed by atoms with Crippen molar-refractivity contribution in [3.05, 3.63) is 46.2 Å². The van der Waals surface area contributed by atoms with Crippen LogP contribution in [0.15, 0.2) is 36.4 Å². The predicted molar refractivity (Wildman–Crippen MR) is 73.4 cm³/mol. The van der Waals surface area contributed by atoms with Crippen molar-refractivity contribution in [3.63, 3.8) is 0 Å². The van der Waals surface area contributed by atoms with Crippen LogP contribution < -0.4 is 9.47 Å². The van der Waals surface area contributed by atoms with E-state index in [2.05, 4.69) is 0 Å². The summed E-state index contributed by atoms with van der Waals surface area (Å²) in [6, 6.07) is 11.1. The molecule has 1 aromatic heterocycles. The maximum Gasteiger partial charge on any atom is 0.349 e. The van der Waals surface area contributed by atoms with Gasteiger partial charge in [0.05, 0.1) is 0 Å². The van der Waals surface area contributed by atoms with Crippen molar-refractivity contribution in [2.75, 3.05) is 13.2 Å². The van der Waals surface area contributed by atoms with Gasteiger partial charge in [-0.2, -0.15) is 0 Å². The van der Waals surface area contributed by atoms with Crippen molar-refractivity contribution < 1.29 is 19.4 Å². The molecule has 1 N–H and O–H groups in total. The number of carboxylic acid groups (broad SMARTS) is 1. The molecule has 5 heteroatoms. The summed E-state index contributed by atoms with van der Waals surface area (Å²) in [6.45, 7) is 2.54. The van der Waals surface area contributed by atoms with Gasteiger partial charge in [0.15, 0.2) is 4.88 Å². The quantitative estimate of drug-likeness (QED) is 0.824. The van der Waals surface area contributed by atoms with Crippen molar-refractivity contribution in [3.8, 4) is 11.5 Å². The molecule has 100 valence electrons. The number of aromatic carboxylic acids is 1. The van der Waals surface area contributed by atoms with Crippen LogP contribution in [-0.2, 0) is 0 Å². The lowest BCUT2D eigenvalue weighted by Gasteiger charge is -2.07. The lowest BCUT2D eigenvalue weighted by atomic mass is 10.3. The van der Waals surface area contributed by atoms with Crippen LogP contribution in [0.4, 0.5) is 0 Å². The molecule has 2 aromatic rings. The van der Waals surface area contributed by atoms with Crippen LogP contribution in [0.5, 0.6) is 11.5 Å². The first-order valence-corrected chi connectivity index (χ1v) is 6.63. The first-order chi connectivity index (χ1) is 9.16. The number of ether oxygens (including phenoxy) is 2. The molecule has 0 bridgehead atoms. The Bertz CT molecular complexity index is 548. The van der Waals surface area contributed by atoms with Gasteiger partial charge in [-0.15, -0.1) is 11.3 Å². The third kappa shape index (κ3) is 3.72. The average Bonchev–Trinajstić information content (AvgIpc) is 2.77. The molecule has 0 saturated heterocycles. The van der Waals surface area contributed by atoms with E-state index >= 15 is 0 Å². The van der Waals surface area contributed by atoms with Crippen LogP contribution in [0.1, 0.15) is 14.5 Å². The van der Waals surface area contributed by atoms with E-state index in [9.17, 15) is 4.79 Å². The molecule has 19 heavy (non-hydrogen) atoms. The largest absolute Gasteiger partial charge is 0.490 e. The molecular formula is C14H14O4S. The molecule has 0 fully saturated rings. The first kappa shape index (κ1) is 13.4. The number of carboxylic acids is 1. The smallest absolute Gasteiger partial charge is 0.349 e. The lowest BCUT2D eigenvalue weighted by molar-refractivity contribution is 0.0697. The highest BCUT2D eigenvalue weighted by atomic mass is 32.1. The van der Waals surface area contributed by atoms with Crippen molar-refractivity contribution in [1.82, 2.24) is 0 Å². The molecule has 0 unspecified atom stereocenters. The number of hydrogen-bond acceptors (Lipinski definition) is 4. The van der Waals surface area contributed by atoms with Crippen molar-refractivity contribution in [1.29, 1.82) is 0 Å². The van der Waals surface area contributed by atoms with Crippen molar-refractivity contribution >= 4 is 17.3 Å². The normalized spacial score (nSPS) is 10.2. The number of thiophene rings is 1. The predicted octanol–water partition coefficient (Wildman–Crippen LogP) is 3.21. The Morgan fingerprint density at radius 1 is 1.21 bits per heavy atom. The summed E-state index contributed by atoms with van der Waals surface area (Å²) in [4.78, 5) is 12.1. The minimum atomic E-state index is -0.961. The highest BCUT2D eigenvalue weighted by Gasteiger charge is 2.14. The van der Waals surface area contributed by atoms with E-state index in [0.29, 0.717) is 19.0 Å². The van der Waals surface area contributed by atoms with Gasteiger partial charge in [0.25, 0.3) is 0 Å². The Balaban J connectivity index is 1.84. The number of aryl methyl sites for hydroxylation is 1. The molecule has 0 spiro atoms. The topological polar surface area (TPSA) is 55.8 Å². The third-order valence-corrected chi connectivity index (χ3v) is 3.39. The SMILES string of the molecule is Cc1cc(OCCOc2ccccc2)c(C(=O)O)s1. The van der Waals surface area contributed by atoms with Crippen LogP contribution in [-0.4, -0.2) is 24.3 Å². The second-order valence-corrected chi connectivity index (χ2v) is 5.12. The molecule has 0 amide bonds. The van der Waals surface area contributed by atoms with Gasteiger partial charge in [-0.05, 0) is 25.1 Å². The summed E-state index contributed by atoms with van der Waals surface area (Å²) in [5.74, 6) is 0.217. The highest BCUT2D eigenvalue weighted by Crippen LogP contribution is 2.28. The summed E-state index contributed by atoms with van der Waals surface area (Å²) >= 11 is 1.21. The van der Waals surface area contributed by atoms with Gasteiger partial charge in [0.2, 0.25) is 0 Å². The molecule has 0 radical (unpaired) electrons. The molecule has 4 nitrogen and oxygen atoms in total. The number of rotatable bonds is 6. The van der Waals surface area contributed by atoms with Crippen LogP contribution in [0.2, 0.25) is 0 Å². The van der Waals surface area contributed by atoms with Gasteiger partial charge in [0.1, 0.15) is 24.7 Å². The van der Waals surface area contributed by atoms with Crippen LogP contribution >= 0.6 is 11.3 Å². The number of para-hydroxylation sites is 1. The van der Waals surface area contributed by atoms with Gasteiger partial charge in [-0.3, -0.25) is 0 Å². The number of carbonyl (C=O) groups is 1. The second-order valence-electron chi connectivity index (χ2n) is 3.87. The Morgan fingerprint density at radius 3 is 2.58 bits per heavy atom. The van der Waals surface area contributed by atoms with Crippen molar-refractivity contribution in [2.45, 2.75) is 6.92 Å². The highest BCUT2D eigenvalue weighted by molar-refractivity contribution is 7.14. The molecule has 1 heterocycles. The van der Waals surface area contributed by atoms with E-state index in [1.807, 2.05) is 37.3 Å². The zero-order chi connectivity index (χ0) is 13.7. The van der Waals surface area contributed by atoms with E-state index < -0.39 is 5.97 Å². The van der Waals surface area contributed by atoms with Gasteiger partial charge >= 0.3 is 5.97 Å². The van der Waals surface area contributed by atoms with E-state index in [4.69, 9.17) is 14.6 Å². The molecule has 0 aliphatic heterocycles. The minimum absolute atomic E-state index is 0.234. The molecule has 0 aliphatic carbocycles. The zero-order valence-corrected chi connectivity index (χ0v) is 11.3. The number of benzene rings is 1. The Hall–Kier alpha value is -2.01. The molecule has 0 atom stereocenters. The van der Waals surface area contributed by atoms with Gasteiger partial charge in [-0.1, -0.05) is 18.2 Å². The fourth-order valence-electron chi connectivity index (χ4n) is 1.58. The number of hydrogen-bond donors (Lipinski definition) is 1. The first-order valence-electron chi connectivity index (χ1n) is 5.81. The van der Waals surface area contributed by atoms with Gasteiger partial charge in [0, 0.05) is 4.88 Å². The van der Waals surface area contributed by atoms with Crippen LogP contribution in [0, 0.1) is 6.92 Å². The van der Waals surface area contributed by atoms with E-state index in [-0.39, 0.29) is 4.88 Å². The second kappa shape index (κ2) is 6.24. The minimum Gasteiger partial charge on any atom is -0.490 e. The molecule has 1 aromatic carbocycles. The molecule has 2 rings (SSSR count). The fourth-order valence-corrected chi connectivity index (χ4v) is 2.37. The standard InChI is InChI=1S/C14H14O4S/c1-10-9-12(13(19-10)14(15)16)18-8-7-17-11-5-3-2-4-6-11/h2-6,9H,7-8H2,1H3,(H,15,16). The molecule has 0 aliphatic rings. The fraction of sp³-hybridized carbons (Fsp3) is 0.214. The lowest BCUT2D eigenvalue weighted by Crippen LogP contribution is -2.10. The van der Waals surface area contributed by atoms with E-state index in [1.165, 1.54) is 11.3 Å². The molecule has 0 saturated carbocycles. The summed E-state index contributed by atoms with van der Waals surface area (Å²) < 4.78 is 10.9. The maximum atomic E-state index is 11.0. The summed E-state index contributed by atoms with van der Waals surface area (Å²) in [5, 5.41) is 9.01. The van der Waals surface area contributed by atoms with Crippen LogP contribution in [0.25, 0.3) is 0 Å². The summed E-state index contributed by atoms with van der Waals surface area (Å²) in [6.07, 6.45) is 0. The Kier molecular flexibility index (Phi) is 4.41. The van der Waals surface area contributed by atoms with E-state index in [1.54, 1.807) is 6.07 Å². The monoisotopic (exact) mass is 278 g/mol. The zero-order valence-electron chi connectivity index (χ0n) is 10.5. The Labute approximate surface area is 115 Å². The molecular weight excluding hydrogens is 264 g/mol. The summed E-state index contributed by atoms with van der Waals surface area (Å²) in [5.41, 5.74) is 0. The van der Waals surface area contributed by atoms with Crippen LogP contribution in [0.3, 0.4) is 0 Å². The maximum absolute atomic E-state index is 11.0.